The summed E-state index contributed by atoms with van der Waals surface area (Å²) in [5.74, 6) is 1.66. The van der Waals surface area contributed by atoms with Crippen molar-refractivity contribution in [1.82, 2.24) is 0 Å². The highest BCUT2D eigenvalue weighted by Crippen LogP contribution is 2.31. The SMILES string of the molecule is COc1ccc(C(C)Nc2cccc(O)c2)cc1OC. The molecular formula is C16H19NO3. The van der Waals surface area contributed by atoms with Crippen LogP contribution >= 0.6 is 0 Å². The van der Waals surface area contributed by atoms with Crippen molar-refractivity contribution >= 4 is 5.69 Å². The highest BCUT2D eigenvalue weighted by Gasteiger charge is 2.10. The third kappa shape index (κ3) is 3.15. The minimum Gasteiger partial charge on any atom is -0.508 e. The van der Waals surface area contributed by atoms with E-state index in [2.05, 4.69) is 5.32 Å². The van der Waals surface area contributed by atoms with Crippen LogP contribution < -0.4 is 14.8 Å². The number of hydrogen-bond acceptors (Lipinski definition) is 4. The molecule has 2 aromatic carbocycles. The maximum Gasteiger partial charge on any atom is 0.161 e. The highest BCUT2D eigenvalue weighted by molar-refractivity contribution is 5.51. The summed E-state index contributed by atoms with van der Waals surface area (Å²) in [6.07, 6.45) is 0. The molecule has 0 aliphatic rings. The maximum atomic E-state index is 9.47. The van der Waals surface area contributed by atoms with Gasteiger partial charge in [0.1, 0.15) is 5.75 Å². The molecule has 1 unspecified atom stereocenters. The summed E-state index contributed by atoms with van der Waals surface area (Å²) in [7, 11) is 3.24. The molecule has 0 radical (unpaired) electrons. The summed E-state index contributed by atoms with van der Waals surface area (Å²) in [5, 5.41) is 12.8. The molecule has 0 fully saturated rings. The van der Waals surface area contributed by atoms with Crippen molar-refractivity contribution < 1.29 is 14.6 Å². The summed E-state index contributed by atoms with van der Waals surface area (Å²) in [5.41, 5.74) is 1.94. The van der Waals surface area contributed by atoms with Gasteiger partial charge in [0.2, 0.25) is 0 Å². The van der Waals surface area contributed by atoms with Crippen LogP contribution in [-0.4, -0.2) is 19.3 Å². The van der Waals surface area contributed by atoms with Crippen molar-refractivity contribution in [3.05, 3.63) is 48.0 Å². The minimum atomic E-state index is 0.0802. The zero-order valence-electron chi connectivity index (χ0n) is 11.9. The molecule has 0 aliphatic heterocycles. The third-order valence-electron chi connectivity index (χ3n) is 3.14. The van der Waals surface area contributed by atoms with Gasteiger partial charge in [0.05, 0.1) is 14.2 Å². The summed E-state index contributed by atoms with van der Waals surface area (Å²) >= 11 is 0. The molecule has 2 N–H and O–H groups in total. The van der Waals surface area contributed by atoms with Crippen LogP contribution in [0.1, 0.15) is 18.5 Å². The fourth-order valence-corrected chi connectivity index (χ4v) is 2.05. The van der Waals surface area contributed by atoms with Gasteiger partial charge >= 0.3 is 0 Å². The predicted molar refractivity (Wildman–Crippen MR) is 79.7 cm³/mol. The Hall–Kier alpha value is -2.36. The Morgan fingerprint density at radius 2 is 1.75 bits per heavy atom. The molecule has 0 heterocycles. The molecule has 0 amide bonds. The van der Waals surface area contributed by atoms with E-state index in [1.54, 1.807) is 32.4 Å². The van der Waals surface area contributed by atoms with E-state index in [9.17, 15) is 5.11 Å². The summed E-state index contributed by atoms with van der Waals surface area (Å²) < 4.78 is 10.5. The van der Waals surface area contributed by atoms with Crippen LogP contribution in [0.25, 0.3) is 0 Å². The first kappa shape index (κ1) is 14.1. The Bertz CT molecular complexity index is 584. The first-order chi connectivity index (χ1) is 9.63. The standard InChI is InChI=1S/C16H19NO3/c1-11(17-13-5-4-6-14(18)10-13)12-7-8-15(19-2)16(9-12)20-3/h4-11,17-18H,1-3H3. The molecule has 0 aromatic heterocycles. The normalized spacial score (nSPS) is 11.8. The summed E-state index contributed by atoms with van der Waals surface area (Å²) in [6.45, 7) is 2.05. The van der Waals surface area contributed by atoms with Crippen LogP contribution in [0.5, 0.6) is 17.2 Å². The van der Waals surface area contributed by atoms with Gasteiger partial charge in [0.25, 0.3) is 0 Å². The molecule has 0 saturated heterocycles. The molecular weight excluding hydrogens is 254 g/mol. The molecule has 4 nitrogen and oxygen atoms in total. The lowest BCUT2D eigenvalue weighted by atomic mass is 10.1. The smallest absolute Gasteiger partial charge is 0.161 e. The van der Waals surface area contributed by atoms with Gasteiger partial charge < -0.3 is 19.9 Å². The lowest BCUT2D eigenvalue weighted by Crippen LogP contribution is -2.06. The Labute approximate surface area is 119 Å². The monoisotopic (exact) mass is 273 g/mol. The van der Waals surface area contributed by atoms with E-state index in [1.165, 1.54) is 0 Å². The van der Waals surface area contributed by atoms with Gasteiger partial charge in [-0.15, -0.1) is 0 Å². The topological polar surface area (TPSA) is 50.7 Å². The molecule has 0 aliphatic carbocycles. The Balaban J connectivity index is 2.18. The number of benzene rings is 2. The largest absolute Gasteiger partial charge is 0.508 e. The van der Waals surface area contributed by atoms with Crippen molar-refractivity contribution in [2.75, 3.05) is 19.5 Å². The van der Waals surface area contributed by atoms with E-state index < -0.39 is 0 Å². The van der Waals surface area contributed by atoms with Gasteiger partial charge in [-0.25, -0.2) is 0 Å². The zero-order valence-corrected chi connectivity index (χ0v) is 11.9. The first-order valence-electron chi connectivity index (χ1n) is 6.41. The van der Waals surface area contributed by atoms with Crippen LogP contribution in [0.3, 0.4) is 0 Å². The molecule has 1 atom stereocenters. The molecule has 2 rings (SSSR count). The lowest BCUT2D eigenvalue weighted by molar-refractivity contribution is 0.354. The van der Waals surface area contributed by atoms with E-state index in [-0.39, 0.29) is 11.8 Å². The zero-order chi connectivity index (χ0) is 14.5. The first-order valence-corrected chi connectivity index (χ1v) is 6.41. The van der Waals surface area contributed by atoms with Gasteiger partial charge in [0.15, 0.2) is 11.5 Å². The number of nitrogens with one attached hydrogen (secondary N) is 1. The van der Waals surface area contributed by atoms with Gasteiger partial charge in [-0.2, -0.15) is 0 Å². The van der Waals surface area contributed by atoms with Crippen molar-refractivity contribution in [2.45, 2.75) is 13.0 Å². The second kappa shape index (κ2) is 6.19. The number of methoxy groups -OCH3 is 2. The number of phenolic OH excluding ortho intramolecular Hbond substituents is 1. The van der Waals surface area contributed by atoms with Crippen LogP contribution in [0.4, 0.5) is 5.69 Å². The Kier molecular flexibility index (Phi) is 4.35. The van der Waals surface area contributed by atoms with E-state index in [0.717, 1.165) is 11.3 Å². The van der Waals surface area contributed by atoms with Crippen LogP contribution in [0.15, 0.2) is 42.5 Å². The fourth-order valence-electron chi connectivity index (χ4n) is 2.05. The second-order valence-electron chi connectivity index (χ2n) is 4.53. The van der Waals surface area contributed by atoms with Gasteiger partial charge in [-0.05, 0) is 36.8 Å². The van der Waals surface area contributed by atoms with Crippen LogP contribution in [0.2, 0.25) is 0 Å². The number of phenols is 1. The molecule has 20 heavy (non-hydrogen) atoms. The fraction of sp³-hybridized carbons (Fsp3) is 0.250. The van der Waals surface area contributed by atoms with Crippen molar-refractivity contribution in [3.63, 3.8) is 0 Å². The number of hydrogen-bond donors (Lipinski definition) is 2. The van der Waals surface area contributed by atoms with E-state index >= 15 is 0 Å². The van der Waals surface area contributed by atoms with Crippen molar-refractivity contribution in [3.8, 4) is 17.2 Å². The van der Waals surface area contributed by atoms with Crippen LogP contribution in [0, 0.1) is 0 Å². The lowest BCUT2D eigenvalue weighted by Gasteiger charge is -2.17. The molecule has 0 spiro atoms. The van der Waals surface area contributed by atoms with E-state index in [0.29, 0.717) is 11.5 Å². The number of anilines is 1. The van der Waals surface area contributed by atoms with Crippen molar-refractivity contribution in [1.29, 1.82) is 0 Å². The third-order valence-corrected chi connectivity index (χ3v) is 3.14. The number of aromatic hydroxyl groups is 1. The Morgan fingerprint density at radius 1 is 1.00 bits per heavy atom. The Morgan fingerprint density at radius 3 is 2.40 bits per heavy atom. The van der Waals surface area contributed by atoms with Crippen molar-refractivity contribution in [2.24, 2.45) is 0 Å². The molecule has 0 bridgehead atoms. The summed E-state index contributed by atoms with van der Waals surface area (Å²) in [6, 6.07) is 13.0. The minimum absolute atomic E-state index is 0.0802. The molecule has 2 aromatic rings. The molecule has 4 heteroatoms. The van der Waals surface area contributed by atoms with Crippen LogP contribution in [-0.2, 0) is 0 Å². The van der Waals surface area contributed by atoms with E-state index in [1.807, 2.05) is 31.2 Å². The van der Waals surface area contributed by atoms with Gasteiger partial charge in [0, 0.05) is 17.8 Å². The number of rotatable bonds is 5. The number of ether oxygens (including phenoxy) is 2. The quantitative estimate of drug-likeness (QED) is 0.874. The molecule has 0 saturated carbocycles. The summed E-state index contributed by atoms with van der Waals surface area (Å²) in [4.78, 5) is 0. The average Bonchev–Trinajstić information content (AvgIpc) is 2.46. The second-order valence-corrected chi connectivity index (χ2v) is 4.53. The average molecular weight is 273 g/mol. The van der Waals surface area contributed by atoms with Gasteiger partial charge in [-0.3, -0.25) is 0 Å². The molecule has 106 valence electrons. The van der Waals surface area contributed by atoms with Gasteiger partial charge in [-0.1, -0.05) is 12.1 Å². The maximum absolute atomic E-state index is 9.47. The highest BCUT2D eigenvalue weighted by atomic mass is 16.5. The van der Waals surface area contributed by atoms with E-state index in [4.69, 9.17) is 9.47 Å². The predicted octanol–water partition coefficient (Wildman–Crippen LogP) is 3.58.